The number of aliphatic hydroxyl groups is 3. The number of hydrogen-bond donors (Lipinski definition) is 14. The Morgan fingerprint density at radius 1 is 0.508 bits per heavy atom. The van der Waals surface area contributed by atoms with E-state index in [2.05, 4.69) is 61.4 Å². The van der Waals surface area contributed by atoms with Gasteiger partial charge in [0.05, 0.1) is 74.2 Å². The van der Waals surface area contributed by atoms with E-state index in [1.54, 1.807) is 92.0 Å². The van der Waals surface area contributed by atoms with Crippen molar-refractivity contribution in [3.05, 3.63) is 196 Å². The second-order valence-corrected chi connectivity index (χ2v) is 34.8. The highest BCUT2D eigenvalue weighted by atomic mass is 32.2. The maximum Gasteiger partial charge on any atom is 0.547 e. The average Bonchev–Trinajstić information content (AvgIpc) is 1.30. The topological polar surface area (TPSA) is 549 Å². The third-order valence-corrected chi connectivity index (χ3v) is 24.4. The number of rotatable bonds is 27. The number of Topliss-reactive ketones (excluding diaryl/α,β-unsaturated/α-hetero) is 5. The number of nitrogens with zero attached hydrogens (tertiary/aromatic N) is 6. The second kappa shape index (κ2) is 47.4. The third-order valence-electron chi connectivity index (χ3n) is 19.9. The second-order valence-electron chi connectivity index (χ2n) is 29.6. The molecular formula is C79H86B6F5N11O24S5. The van der Waals surface area contributed by atoms with Crippen LogP contribution in [0.1, 0.15) is 121 Å². The minimum atomic E-state index is -4.50. The highest BCUT2D eigenvalue weighted by Gasteiger charge is 2.44. The number of thioether (sulfide) groups is 4. The number of fused-ring (bicyclic) bond motifs is 6. The number of tetrazole rings is 1. The van der Waals surface area contributed by atoms with Crippen molar-refractivity contribution in [3.63, 3.8) is 0 Å². The van der Waals surface area contributed by atoms with E-state index in [1.807, 2.05) is 24.3 Å². The summed E-state index contributed by atoms with van der Waals surface area (Å²) in [6.45, 7) is 14.6. The highest BCUT2D eigenvalue weighted by molar-refractivity contribution is 8.01. The molecule has 8 heterocycles. The lowest BCUT2D eigenvalue weighted by Gasteiger charge is -2.29. The van der Waals surface area contributed by atoms with Crippen LogP contribution in [-0.4, -0.2) is 224 Å². The first-order valence-electron chi connectivity index (χ1n) is 39.3. The van der Waals surface area contributed by atoms with Crippen molar-refractivity contribution in [3.8, 4) is 34.5 Å². The van der Waals surface area contributed by atoms with Gasteiger partial charge in [-0.1, -0.05) is 139 Å². The molecule has 6 aliphatic heterocycles. The number of alkyl halides is 5. The molecule has 0 fully saturated rings. The van der Waals surface area contributed by atoms with E-state index < -0.39 is 113 Å². The molecule has 6 atom stereocenters. The Balaban J connectivity index is 0.000000177. The maximum atomic E-state index is 12.2. The maximum absolute atomic E-state index is 12.2. The zero-order valence-corrected chi connectivity index (χ0v) is 73.8. The fraction of sp³-hybridized carbons (Fsp3) is 0.316. The molecule has 0 saturated heterocycles. The summed E-state index contributed by atoms with van der Waals surface area (Å²) in [6, 6.07) is 30.9. The number of para-hydroxylation sites is 6. The number of nitrogens with one attached hydrogen (secondary N) is 3. The van der Waals surface area contributed by atoms with Crippen molar-refractivity contribution in [2.45, 2.75) is 135 Å². The summed E-state index contributed by atoms with van der Waals surface area (Å²) in [6.07, 6.45) is 3.25. The SMILES string of the molecule is C=C(O)c1cccc2c1OB(O)[C@@H](CC(=O)CSc1nnc(N)s1)C2.C=C(O)c1cccc2c1OB(O)[C@@H](CC(=O)CSc1nnnn1C)C2.C=C(O)c1cccc2c1OB(O)[C@@H](CC(N)=O)C2.CC(=O)c1cccc2c1OB(O)[C@@H](NC(=O)CSC(F)(F)F)C2.CC(=O)c1cccc2c1OB(O)[C@@H](NC(=O)CSC(F)F)C2.CC(=O)c1cccc2c1OB(O)[C@@H](NC=O)C2. The van der Waals surface area contributed by atoms with Crippen LogP contribution in [0.25, 0.3) is 17.3 Å². The van der Waals surface area contributed by atoms with Gasteiger partial charge in [-0.15, -0.1) is 15.3 Å². The van der Waals surface area contributed by atoms with Gasteiger partial charge in [0.15, 0.2) is 21.7 Å². The molecular weight excluding hydrogens is 1810 g/mol. The molecule has 0 saturated carbocycles. The molecule has 0 unspecified atom stereocenters. The number of aryl methyl sites for hydroxylation is 1. The van der Waals surface area contributed by atoms with Gasteiger partial charge >= 0.3 is 48.2 Å². The van der Waals surface area contributed by atoms with Crippen molar-refractivity contribution in [1.29, 1.82) is 0 Å². The van der Waals surface area contributed by atoms with E-state index in [1.165, 1.54) is 60.3 Å². The number of carbonyl (C=O) groups excluding carboxylic acids is 9. The van der Waals surface area contributed by atoms with E-state index >= 15 is 0 Å². The van der Waals surface area contributed by atoms with Gasteiger partial charge in [-0.3, -0.25) is 43.2 Å². The lowest BCUT2D eigenvalue weighted by Crippen LogP contribution is -2.53. The first-order chi connectivity index (χ1) is 61.6. The summed E-state index contributed by atoms with van der Waals surface area (Å²) in [5.74, 6) is -7.22. The zero-order chi connectivity index (χ0) is 95.1. The lowest BCUT2D eigenvalue weighted by atomic mass is 9.64. The summed E-state index contributed by atoms with van der Waals surface area (Å²) >= 11 is 3.52. The zero-order valence-electron chi connectivity index (χ0n) is 69.7. The number of carbonyl (C=O) groups is 9. The summed E-state index contributed by atoms with van der Waals surface area (Å²) in [5, 5.41) is 115. The molecule has 684 valence electrons. The number of ketones is 5. The monoisotopic (exact) mass is 1890 g/mol. The van der Waals surface area contributed by atoms with Gasteiger partial charge in [0.25, 0.3) is 5.76 Å². The van der Waals surface area contributed by atoms with Crippen LogP contribution in [0, 0.1) is 0 Å². The molecule has 0 aliphatic carbocycles. The first-order valence-corrected chi connectivity index (χ1v) is 44.1. The number of benzene rings is 6. The summed E-state index contributed by atoms with van der Waals surface area (Å²) in [5.41, 5.74) is 13.1. The van der Waals surface area contributed by atoms with Crippen molar-refractivity contribution in [2.24, 2.45) is 12.8 Å². The van der Waals surface area contributed by atoms with Crippen LogP contribution in [0.15, 0.2) is 138 Å². The van der Waals surface area contributed by atoms with E-state index in [0.29, 0.717) is 120 Å². The number of nitrogen functional groups attached to an aromatic ring is 1. The number of aliphatic hydroxyl groups excluding tert-OH is 3. The van der Waals surface area contributed by atoms with Crippen molar-refractivity contribution < 1.29 is 138 Å². The van der Waals surface area contributed by atoms with Crippen LogP contribution in [0.4, 0.5) is 27.1 Å². The van der Waals surface area contributed by atoms with Crippen molar-refractivity contribution >= 4 is 177 Å². The van der Waals surface area contributed by atoms with Gasteiger partial charge in [0.2, 0.25) is 34.4 Å². The van der Waals surface area contributed by atoms with Gasteiger partial charge < -0.3 is 101 Å². The molecule has 16 N–H and O–H groups in total. The quantitative estimate of drug-likeness (QED) is 0.00606. The van der Waals surface area contributed by atoms with Gasteiger partial charge in [-0.25, -0.2) is 4.68 Å². The number of anilines is 1. The summed E-state index contributed by atoms with van der Waals surface area (Å²) < 4.78 is 94.8. The number of halogens is 5. The van der Waals surface area contributed by atoms with E-state index in [-0.39, 0.29) is 125 Å². The lowest BCUT2D eigenvalue weighted by molar-refractivity contribution is -0.119. The molecule has 35 nitrogen and oxygen atoms in total. The largest absolute Gasteiger partial charge is 0.547 e. The predicted octanol–water partition coefficient (Wildman–Crippen LogP) is 7.16. The van der Waals surface area contributed by atoms with Crippen LogP contribution in [0.5, 0.6) is 34.5 Å². The normalized spacial score (nSPS) is 17.0. The molecule has 130 heavy (non-hydrogen) atoms. The fourth-order valence-corrected chi connectivity index (χ4v) is 16.9. The molecule has 51 heteroatoms. The molecule has 6 aliphatic rings. The number of aromatic nitrogens is 6. The van der Waals surface area contributed by atoms with Gasteiger partial charge in [-0.2, -0.15) is 22.0 Å². The summed E-state index contributed by atoms with van der Waals surface area (Å²) in [4.78, 5) is 103. The first kappa shape index (κ1) is 102. The molecule has 0 radical (unpaired) electrons. The minimum Gasteiger partial charge on any atom is -0.535 e. The minimum absolute atomic E-state index is 0.0161. The van der Waals surface area contributed by atoms with Crippen molar-refractivity contribution in [2.75, 3.05) is 28.7 Å². The Hall–Kier alpha value is -11.4. The Morgan fingerprint density at radius 3 is 1.18 bits per heavy atom. The summed E-state index contributed by atoms with van der Waals surface area (Å²) in [7, 11) is -5.54. The number of amides is 4. The molecule has 6 aromatic carbocycles. The highest BCUT2D eigenvalue weighted by Crippen LogP contribution is 2.43. The van der Waals surface area contributed by atoms with E-state index in [0.717, 1.165) is 22.3 Å². The molecule has 4 amide bonds. The standard InChI is InChI=1S/C15H17BN4O4S.C15H16BN3O4S2.C13H13BF3NO4S.C13H14BF2NO4S.C12H14BNO4.C11H12BNO4/c1-9(21)13-5-3-4-10-6-11(16(23)24-14(10)13)7-12(22)8-25-15-17-18-19-20(15)2;1-8(20)12-4-2-3-9-5-10(16(22)23-13(9)12)6-11(21)7-24-15-19-18-14(17)25-15;1-7(19)9-4-2-3-8-5-10(14(21)22-12(8)9)18-11(20)6-23-13(15,16)17;1-7(18)9-4-2-3-8-5-10(14(20)21-12(8)9)17-11(19)6-22-13(15)16;1-7(15)10-4-2-3-8-5-9(6-11(14)16)13(17)18-12(8)10;1-7(15)9-4-2-3-8-5-10(13-6-14)12(16)17-11(8)9/h3-5,11,21,23H,1,6-8H2,2H3;2-4,10,20,22H,1,5-7H2,(H2,17,18);2-4,10,21H,5-6H2,1H3,(H,18,20);2-4,10,13,20H,5-6H2,1H3,(H,17,19);2-4,9,15,17H,1,5-6H2,(H2,14,16);2-4,6,10,16H,5H2,1H3,(H,13,14)/t11-;3*10-;9-;10-/m110010/s1. The molecule has 8 aromatic rings. The van der Waals surface area contributed by atoms with E-state index in [4.69, 9.17) is 39.4 Å². The van der Waals surface area contributed by atoms with Gasteiger partial charge in [0, 0.05) is 43.8 Å². The third kappa shape index (κ3) is 29.0. The van der Waals surface area contributed by atoms with Crippen molar-refractivity contribution in [1.82, 2.24) is 46.4 Å². The number of nitrogens with two attached hydrogens (primary N) is 2. The Morgan fingerprint density at radius 2 is 0.846 bits per heavy atom. The van der Waals surface area contributed by atoms with Crippen LogP contribution in [-0.2, 0) is 74.3 Å². The molecule has 2 aromatic heterocycles. The molecule has 0 spiro atoms. The Labute approximate surface area is 763 Å². The van der Waals surface area contributed by atoms with Gasteiger partial charge in [-0.05, 0) is 151 Å². The van der Waals surface area contributed by atoms with Gasteiger partial charge in [0.1, 0.15) is 63.3 Å². The number of hydrogen-bond acceptors (Lipinski definition) is 35. The fourth-order valence-electron chi connectivity index (χ4n) is 13.9. The Bertz CT molecular complexity index is 5490. The number of primary amides is 1. The Kier molecular flexibility index (Phi) is 37.3. The average molecular weight is 1890 g/mol. The van der Waals surface area contributed by atoms with Crippen LogP contribution in [0.2, 0.25) is 17.5 Å². The predicted molar refractivity (Wildman–Crippen MR) is 480 cm³/mol. The smallest absolute Gasteiger partial charge is 0.535 e. The van der Waals surface area contributed by atoms with E-state index in [9.17, 15) is 111 Å². The van der Waals surface area contributed by atoms with Crippen LogP contribution < -0.4 is 55.3 Å². The molecule has 0 bridgehead atoms. The molecule has 14 rings (SSSR count). The van der Waals surface area contributed by atoms with Crippen LogP contribution >= 0.6 is 58.4 Å². The van der Waals surface area contributed by atoms with Crippen LogP contribution in [0.3, 0.4) is 0 Å².